The second kappa shape index (κ2) is 8.16. The first-order valence-corrected chi connectivity index (χ1v) is 8.78. The summed E-state index contributed by atoms with van der Waals surface area (Å²) in [6.45, 7) is 0. The van der Waals surface area contributed by atoms with Crippen LogP contribution in [-0.2, 0) is 4.79 Å². The highest BCUT2D eigenvalue weighted by molar-refractivity contribution is 6.00. The Morgan fingerprint density at radius 1 is 0.815 bits per heavy atom. The van der Waals surface area contributed by atoms with Crippen LogP contribution in [0.3, 0.4) is 0 Å². The van der Waals surface area contributed by atoms with E-state index in [1.165, 1.54) is 0 Å². The summed E-state index contributed by atoms with van der Waals surface area (Å²) >= 11 is 0. The van der Waals surface area contributed by atoms with Crippen molar-refractivity contribution in [2.24, 2.45) is 0 Å². The van der Waals surface area contributed by atoms with Crippen molar-refractivity contribution in [2.45, 2.75) is 18.8 Å². The van der Waals surface area contributed by atoms with Crippen molar-refractivity contribution >= 4 is 11.4 Å². The lowest BCUT2D eigenvalue weighted by Gasteiger charge is -2.24. The van der Waals surface area contributed by atoms with Crippen LogP contribution in [-0.4, -0.2) is 34.2 Å². The van der Waals surface area contributed by atoms with E-state index in [1.807, 2.05) is 36.4 Å². The van der Waals surface area contributed by atoms with Gasteiger partial charge in [-0.05, 0) is 47.8 Å². The van der Waals surface area contributed by atoms with Crippen molar-refractivity contribution in [2.75, 3.05) is 28.4 Å². The Morgan fingerprint density at radius 2 is 1.56 bits per heavy atom. The van der Waals surface area contributed by atoms with E-state index in [0.29, 0.717) is 29.4 Å². The molecule has 0 fully saturated rings. The molecule has 1 aliphatic carbocycles. The average molecular weight is 368 g/mol. The third-order valence-corrected chi connectivity index (χ3v) is 4.88. The van der Waals surface area contributed by atoms with E-state index in [0.717, 1.165) is 23.1 Å². The molecule has 2 aromatic carbocycles. The molecular weight excluding hydrogens is 344 g/mol. The Morgan fingerprint density at radius 3 is 2.22 bits per heavy atom. The Bertz CT molecular complexity index is 869. The van der Waals surface area contributed by atoms with Crippen molar-refractivity contribution in [1.29, 1.82) is 0 Å². The molecule has 5 nitrogen and oxygen atoms in total. The maximum absolute atomic E-state index is 12.5. The van der Waals surface area contributed by atoms with Gasteiger partial charge in [-0.2, -0.15) is 0 Å². The largest absolute Gasteiger partial charge is 0.493 e. The number of benzene rings is 2. The van der Waals surface area contributed by atoms with Crippen molar-refractivity contribution in [3.05, 3.63) is 53.6 Å². The van der Waals surface area contributed by atoms with E-state index >= 15 is 0 Å². The lowest BCUT2D eigenvalue weighted by atomic mass is 9.80. The second-order valence-electron chi connectivity index (χ2n) is 6.40. The predicted molar refractivity (Wildman–Crippen MR) is 104 cm³/mol. The molecular formula is C22H24O5. The van der Waals surface area contributed by atoms with Crippen LogP contribution in [0.25, 0.3) is 5.57 Å². The first-order valence-electron chi connectivity index (χ1n) is 8.78. The van der Waals surface area contributed by atoms with E-state index in [-0.39, 0.29) is 11.7 Å². The normalized spacial score (nSPS) is 16.5. The standard InChI is InChI=1S/C22H24O5/c1-24-19-9-8-14(13-21(19)26-3)15-10-16(12-17(23)11-15)18-6-5-7-20(25-2)22(18)27-4/h5-9,12-13,15H,10-11H2,1-4H3/t15-/m1/s1. The van der Waals surface area contributed by atoms with E-state index in [4.69, 9.17) is 18.9 Å². The number of hydrogen-bond acceptors (Lipinski definition) is 5. The van der Waals surface area contributed by atoms with Gasteiger partial charge in [-0.3, -0.25) is 4.79 Å². The summed E-state index contributed by atoms with van der Waals surface area (Å²) in [6, 6.07) is 11.5. The molecule has 0 aliphatic heterocycles. The maximum Gasteiger partial charge on any atom is 0.168 e. The molecule has 0 saturated carbocycles. The quantitative estimate of drug-likeness (QED) is 0.763. The van der Waals surface area contributed by atoms with Gasteiger partial charge in [0.1, 0.15) is 0 Å². The van der Waals surface area contributed by atoms with Crippen molar-refractivity contribution in [3.8, 4) is 23.0 Å². The summed E-state index contributed by atoms with van der Waals surface area (Å²) < 4.78 is 21.7. The number of allylic oxidation sites excluding steroid dienone is 2. The second-order valence-corrected chi connectivity index (χ2v) is 6.40. The number of methoxy groups -OCH3 is 4. The smallest absolute Gasteiger partial charge is 0.168 e. The molecule has 0 heterocycles. The number of para-hydroxylation sites is 1. The van der Waals surface area contributed by atoms with E-state index in [9.17, 15) is 4.79 Å². The van der Waals surface area contributed by atoms with Gasteiger partial charge in [0.05, 0.1) is 28.4 Å². The third kappa shape index (κ3) is 3.77. The van der Waals surface area contributed by atoms with Crippen LogP contribution >= 0.6 is 0 Å². The zero-order valence-electron chi connectivity index (χ0n) is 16.1. The van der Waals surface area contributed by atoms with Gasteiger partial charge in [0, 0.05) is 12.0 Å². The minimum Gasteiger partial charge on any atom is -0.493 e. The van der Waals surface area contributed by atoms with Crippen molar-refractivity contribution in [3.63, 3.8) is 0 Å². The first-order chi connectivity index (χ1) is 13.1. The Labute approximate surface area is 159 Å². The highest BCUT2D eigenvalue weighted by atomic mass is 16.5. The zero-order chi connectivity index (χ0) is 19.4. The van der Waals surface area contributed by atoms with Gasteiger partial charge in [-0.1, -0.05) is 18.2 Å². The number of ketones is 1. The molecule has 0 saturated heterocycles. The number of carbonyl (C=O) groups excluding carboxylic acids is 1. The molecule has 0 N–H and O–H groups in total. The molecule has 0 aromatic heterocycles. The molecule has 27 heavy (non-hydrogen) atoms. The minimum absolute atomic E-state index is 0.0632. The Hall–Kier alpha value is -2.95. The maximum atomic E-state index is 12.5. The first kappa shape index (κ1) is 18.8. The molecule has 1 aliphatic rings. The molecule has 5 heteroatoms. The molecule has 0 radical (unpaired) electrons. The van der Waals surface area contributed by atoms with Gasteiger partial charge in [0.2, 0.25) is 0 Å². The van der Waals surface area contributed by atoms with Gasteiger partial charge in [-0.25, -0.2) is 0 Å². The average Bonchev–Trinajstić information content (AvgIpc) is 2.71. The molecule has 0 amide bonds. The molecule has 0 bridgehead atoms. The summed E-state index contributed by atoms with van der Waals surface area (Å²) in [5.74, 6) is 2.80. The topological polar surface area (TPSA) is 54.0 Å². The Kier molecular flexibility index (Phi) is 5.69. The summed E-state index contributed by atoms with van der Waals surface area (Å²) in [5, 5.41) is 0. The molecule has 2 aromatic rings. The zero-order valence-corrected chi connectivity index (χ0v) is 16.1. The SMILES string of the molecule is COc1ccc([C@H]2CC(=O)C=C(c3cccc(OC)c3OC)C2)cc1OC. The van der Waals surface area contributed by atoms with E-state index in [1.54, 1.807) is 34.5 Å². The summed E-state index contributed by atoms with van der Waals surface area (Å²) in [5.41, 5.74) is 2.88. The number of hydrogen-bond donors (Lipinski definition) is 0. The third-order valence-electron chi connectivity index (χ3n) is 4.88. The fraction of sp³-hybridized carbons (Fsp3) is 0.318. The van der Waals surface area contributed by atoms with Gasteiger partial charge >= 0.3 is 0 Å². The van der Waals surface area contributed by atoms with Gasteiger partial charge < -0.3 is 18.9 Å². The number of carbonyl (C=O) groups is 1. The molecule has 1 atom stereocenters. The van der Waals surface area contributed by atoms with E-state index < -0.39 is 0 Å². The van der Waals surface area contributed by atoms with Crippen molar-refractivity contribution < 1.29 is 23.7 Å². The number of ether oxygens (including phenoxy) is 4. The van der Waals surface area contributed by atoms with Crippen LogP contribution < -0.4 is 18.9 Å². The van der Waals surface area contributed by atoms with Crippen LogP contribution in [0.1, 0.15) is 29.9 Å². The fourth-order valence-electron chi connectivity index (χ4n) is 3.56. The van der Waals surface area contributed by atoms with Gasteiger partial charge in [0.15, 0.2) is 28.8 Å². The molecule has 0 spiro atoms. The lowest BCUT2D eigenvalue weighted by molar-refractivity contribution is -0.115. The summed E-state index contributed by atoms with van der Waals surface area (Å²) in [7, 11) is 6.44. The molecule has 0 unspecified atom stereocenters. The van der Waals surface area contributed by atoms with Crippen LogP contribution in [0, 0.1) is 0 Å². The molecule has 142 valence electrons. The highest BCUT2D eigenvalue weighted by Crippen LogP contribution is 2.43. The molecule has 3 rings (SSSR count). The van der Waals surface area contributed by atoms with Crippen LogP contribution in [0.15, 0.2) is 42.5 Å². The van der Waals surface area contributed by atoms with Crippen LogP contribution in [0.5, 0.6) is 23.0 Å². The predicted octanol–water partition coefficient (Wildman–Crippen LogP) is 4.25. The number of rotatable bonds is 6. The van der Waals surface area contributed by atoms with Gasteiger partial charge in [0.25, 0.3) is 0 Å². The van der Waals surface area contributed by atoms with Crippen LogP contribution in [0.4, 0.5) is 0 Å². The Balaban J connectivity index is 1.97. The minimum atomic E-state index is 0.0632. The highest BCUT2D eigenvalue weighted by Gasteiger charge is 2.26. The summed E-state index contributed by atoms with van der Waals surface area (Å²) in [6.07, 6.45) is 2.91. The fourth-order valence-corrected chi connectivity index (χ4v) is 3.56. The lowest BCUT2D eigenvalue weighted by Crippen LogP contribution is -2.13. The summed E-state index contributed by atoms with van der Waals surface area (Å²) in [4.78, 5) is 12.5. The van der Waals surface area contributed by atoms with Crippen LogP contribution in [0.2, 0.25) is 0 Å². The van der Waals surface area contributed by atoms with Gasteiger partial charge in [-0.15, -0.1) is 0 Å². The monoisotopic (exact) mass is 368 g/mol. The van der Waals surface area contributed by atoms with E-state index in [2.05, 4.69) is 0 Å². The van der Waals surface area contributed by atoms with Crippen molar-refractivity contribution in [1.82, 2.24) is 0 Å².